The SMILES string of the molecule is CCNC(=NCc1cccc(Cn2ccnc2C)c1)N1CCS(=O)(=O)C(C)(C)C1. The highest BCUT2D eigenvalue weighted by Crippen LogP contribution is 2.23. The van der Waals surface area contributed by atoms with E-state index in [4.69, 9.17) is 4.99 Å². The van der Waals surface area contributed by atoms with E-state index >= 15 is 0 Å². The second-order valence-corrected chi connectivity index (χ2v) is 10.8. The maximum Gasteiger partial charge on any atom is 0.194 e. The molecular formula is C21H31N5O2S. The topological polar surface area (TPSA) is 79.6 Å². The second-order valence-electron chi connectivity index (χ2n) is 8.09. The summed E-state index contributed by atoms with van der Waals surface area (Å²) in [4.78, 5) is 11.1. The van der Waals surface area contributed by atoms with Gasteiger partial charge in [-0.15, -0.1) is 0 Å². The van der Waals surface area contributed by atoms with Crippen molar-refractivity contribution in [3.63, 3.8) is 0 Å². The lowest BCUT2D eigenvalue weighted by Crippen LogP contribution is -2.57. The number of aryl methyl sites for hydroxylation is 1. The van der Waals surface area contributed by atoms with Gasteiger partial charge in [-0.25, -0.2) is 18.4 Å². The average Bonchev–Trinajstić information content (AvgIpc) is 3.06. The summed E-state index contributed by atoms with van der Waals surface area (Å²) in [5, 5.41) is 3.31. The van der Waals surface area contributed by atoms with Crippen LogP contribution in [0, 0.1) is 6.92 Å². The van der Waals surface area contributed by atoms with Crippen molar-refractivity contribution >= 4 is 15.8 Å². The molecule has 1 saturated heterocycles. The normalized spacial score (nSPS) is 18.6. The molecule has 0 unspecified atom stereocenters. The smallest absolute Gasteiger partial charge is 0.194 e. The Bertz CT molecular complexity index is 978. The van der Waals surface area contributed by atoms with Gasteiger partial charge in [-0.3, -0.25) is 0 Å². The number of guanidine groups is 1. The lowest BCUT2D eigenvalue weighted by atomic mass is 10.1. The molecule has 1 fully saturated rings. The molecule has 1 aromatic heterocycles. The summed E-state index contributed by atoms with van der Waals surface area (Å²) < 4.78 is 26.0. The van der Waals surface area contributed by atoms with Gasteiger partial charge in [0.1, 0.15) is 5.82 Å². The number of hydrogen-bond acceptors (Lipinski definition) is 4. The van der Waals surface area contributed by atoms with Crippen LogP contribution in [0.15, 0.2) is 41.7 Å². The van der Waals surface area contributed by atoms with Crippen molar-refractivity contribution in [1.29, 1.82) is 0 Å². The molecule has 2 heterocycles. The molecule has 3 rings (SSSR count). The fraction of sp³-hybridized carbons (Fsp3) is 0.524. The highest BCUT2D eigenvalue weighted by molar-refractivity contribution is 7.92. The molecule has 29 heavy (non-hydrogen) atoms. The number of nitrogens with one attached hydrogen (secondary N) is 1. The molecule has 1 N–H and O–H groups in total. The molecule has 1 aromatic carbocycles. The number of rotatable bonds is 5. The first-order valence-electron chi connectivity index (χ1n) is 10.0. The molecule has 0 aliphatic carbocycles. The van der Waals surface area contributed by atoms with E-state index in [-0.39, 0.29) is 5.75 Å². The molecular weight excluding hydrogens is 386 g/mol. The van der Waals surface area contributed by atoms with Gasteiger partial charge in [0, 0.05) is 38.6 Å². The zero-order valence-corrected chi connectivity index (χ0v) is 18.5. The monoisotopic (exact) mass is 417 g/mol. The van der Waals surface area contributed by atoms with Gasteiger partial charge in [-0.2, -0.15) is 0 Å². The lowest BCUT2D eigenvalue weighted by Gasteiger charge is -2.39. The quantitative estimate of drug-likeness (QED) is 0.596. The number of aromatic nitrogens is 2. The van der Waals surface area contributed by atoms with Crippen LogP contribution in [-0.4, -0.2) is 59.0 Å². The Balaban J connectivity index is 1.74. The predicted octanol–water partition coefficient (Wildman–Crippen LogP) is 2.21. The molecule has 0 bridgehead atoms. The molecule has 0 spiro atoms. The van der Waals surface area contributed by atoms with Crippen molar-refractivity contribution in [3.05, 3.63) is 53.6 Å². The van der Waals surface area contributed by atoms with E-state index < -0.39 is 14.6 Å². The summed E-state index contributed by atoms with van der Waals surface area (Å²) in [7, 11) is -3.08. The Kier molecular flexibility index (Phi) is 6.31. The molecule has 0 atom stereocenters. The van der Waals surface area contributed by atoms with Crippen molar-refractivity contribution in [2.45, 2.75) is 45.5 Å². The minimum atomic E-state index is -3.08. The minimum Gasteiger partial charge on any atom is -0.357 e. The van der Waals surface area contributed by atoms with E-state index in [1.807, 2.05) is 26.2 Å². The zero-order chi connectivity index (χ0) is 21.1. The fourth-order valence-corrected chi connectivity index (χ4v) is 4.88. The summed E-state index contributed by atoms with van der Waals surface area (Å²) in [6.07, 6.45) is 3.79. The van der Waals surface area contributed by atoms with Crippen LogP contribution in [0.1, 0.15) is 37.7 Å². The van der Waals surface area contributed by atoms with Gasteiger partial charge in [0.25, 0.3) is 0 Å². The summed E-state index contributed by atoms with van der Waals surface area (Å²) >= 11 is 0. The van der Waals surface area contributed by atoms with E-state index in [0.717, 1.165) is 30.4 Å². The Morgan fingerprint density at radius 3 is 2.72 bits per heavy atom. The van der Waals surface area contributed by atoms with Gasteiger partial charge in [-0.1, -0.05) is 24.3 Å². The highest BCUT2D eigenvalue weighted by Gasteiger charge is 2.40. The molecule has 1 aliphatic heterocycles. The number of imidazole rings is 1. The van der Waals surface area contributed by atoms with Crippen molar-refractivity contribution < 1.29 is 8.42 Å². The van der Waals surface area contributed by atoms with E-state index in [9.17, 15) is 8.42 Å². The molecule has 0 radical (unpaired) electrons. The van der Waals surface area contributed by atoms with Crippen LogP contribution in [0.3, 0.4) is 0 Å². The van der Waals surface area contributed by atoms with E-state index in [2.05, 4.69) is 44.0 Å². The Morgan fingerprint density at radius 1 is 1.31 bits per heavy atom. The predicted molar refractivity (Wildman–Crippen MR) is 117 cm³/mol. The zero-order valence-electron chi connectivity index (χ0n) is 17.7. The second kappa shape index (κ2) is 8.57. The summed E-state index contributed by atoms with van der Waals surface area (Å²) in [5.41, 5.74) is 2.33. The van der Waals surface area contributed by atoms with E-state index in [0.29, 0.717) is 19.6 Å². The lowest BCUT2D eigenvalue weighted by molar-refractivity contribution is 0.353. The molecule has 8 heteroatoms. The van der Waals surface area contributed by atoms with Gasteiger partial charge in [0.15, 0.2) is 15.8 Å². The van der Waals surface area contributed by atoms with Gasteiger partial charge in [0.05, 0.1) is 17.0 Å². The fourth-order valence-electron chi connectivity index (χ4n) is 3.51. The summed E-state index contributed by atoms with van der Waals surface area (Å²) in [5.74, 6) is 1.92. The van der Waals surface area contributed by atoms with Gasteiger partial charge < -0.3 is 14.8 Å². The molecule has 0 saturated carbocycles. The van der Waals surface area contributed by atoms with Crippen molar-refractivity contribution in [2.24, 2.45) is 4.99 Å². The van der Waals surface area contributed by atoms with Gasteiger partial charge in [0.2, 0.25) is 0 Å². The van der Waals surface area contributed by atoms with Crippen LogP contribution < -0.4 is 5.32 Å². The van der Waals surface area contributed by atoms with E-state index in [1.165, 1.54) is 5.56 Å². The first kappa shape index (κ1) is 21.4. The number of sulfone groups is 1. The van der Waals surface area contributed by atoms with Gasteiger partial charge >= 0.3 is 0 Å². The van der Waals surface area contributed by atoms with Crippen molar-refractivity contribution in [3.8, 4) is 0 Å². The molecule has 158 valence electrons. The maximum absolute atomic E-state index is 12.3. The summed E-state index contributed by atoms with van der Waals surface area (Å²) in [6.45, 7) is 10.6. The number of aliphatic imine (C=N–C) groups is 1. The van der Waals surface area contributed by atoms with Gasteiger partial charge in [-0.05, 0) is 38.8 Å². The number of benzene rings is 1. The number of nitrogens with zero attached hydrogens (tertiary/aromatic N) is 4. The van der Waals surface area contributed by atoms with Crippen LogP contribution in [-0.2, 0) is 22.9 Å². The largest absolute Gasteiger partial charge is 0.357 e. The Hall–Kier alpha value is -2.35. The molecule has 7 nitrogen and oxygen atoms in total. The van der Waals surface area contributed by atoms with Crippen LogP contribution in [0.5, 0.6) is 0 Å². The van der Waals surface area contributed by atoms with Crippen LogP contribution in [0.2, 0.25) is 0 Å². The molecule has 2 aromatic rings. The Morgan fingerprint density at radius 2 is 2.07 bits per heavy atom. The standard InChI is InChI=1S/C21H31N5O2S/c1-5-22-20(26-11-12-29(27,28)21(3,4)16-26)24-14-18-7-6-8-19(13-18)15-25-10-9-23-17(25)2/h6-10,13H,5,11-12,14-16H2,1-4H3,(H,22,24). The molecule has 1 aliphatic rings. The first-order chi connectivity index (χ1) is 13.7. The summed E-state index contributed by atoms with van der Waals surface area (Å²) in [6, 6.07) is 8.39. The van der Waals surface area contributed by atoms with Crippen molar-refractivity contribution in [2.75, 3.05) is 25.4 Å². The van der Waals surface area contributed by atoms with Crippen LogP contribution in [0.4, 0.5) is 0 Å². The molecule has 0 amide bonds. The third kappa shape index (κ3) is 4.98. The third-order valence-electron chi connectivity index (χ3n) is 5.36. The van der Waals surface area contributed by atoms with Crippen LogP contribution >= 0.6 is 0 Å². The van der Waals surface area contributed by atoms with Crippen LogP contribution in [0.25, 0.3) is 0 Å². The number of hydrogen-bond donors (Lipinski definition) is 1. The van der Waals surface area contributed by atoms with Crippen molar-refractivity contribution in [1.82, 2.24) is 19.8 Å². The van der Waals surface area contributed by atoms with E-state index in [1.54, 1.807) is 13.8 Å². The minimum absolute atomic E-state index is 0.157. The first-order valence-corrected chi connectivity index (χ1v) is 11.7. The Labute approximate surface area is 173 Å². The maximum atomic E-state index is 12.3. The third-order valence-corrected chi connectivity index (χ3v) is 7.89. The highest BCUT2D eigenvalue weighted by atomic mass is 32.2. The average molecular weight is 418 g/mol.